The lowest BCUT2D eigenvalue weighted by molar-refractivity contribution is -0.273. The van der Waals surface area contributed by atoms with E-state index in [9.17, 15) is 18.3 Å². The number of hydrogen-bond acceptors (Lipinski definition) is 4. The van der Waals surface area contributed by atoms with Crippen molar-refractivity contribution in [3.05, 3.63) is 29.1 Å². The number of aromatic nitrogens is 1. The number of hydrogen-bond donors (Lipinski definition) is 1. The maximum absolute atomic E-state index is 12.8. The lowest BCUT2D eigenvalue weighted by Gasteiger charge is -2.39. The molecule has 3 rings (SSSR count). The van der Waals surface area contributed by atoms with Gasteiger partial charge in [-0.1, -0.05) is 12.1 Å². The van der Waals surface area contributed by atoms with Crippen LogP contribution in [0.5, 0.6) is 0 Å². The van der Waals surface area contributed by atoms with Gasteiger partial charge in [0.1, 0.15) is 0 Å². The average molecular weight is 332 g/mol. The maximum Gasteiger partial charge on any atom is 0.417 e. The second-order valence-electron chi connectivity index (χ2n) is 5.55. The lowest BCUT2D eigenvalue weighted by atomic mass is 9.91. The van der Waals surface area contributed by atoms with Crippen LogP contribution in [0.3, 0.4) is 0 Å². The summed E-state index contributed by atoms with van der Waals surface area (Å²) in [5.74, 6) is 0. The number of alkyl halides is 3. The molecule has 2 heterocycles. The fourth-order valence-electron chi connectivity index (χ4n) is 2.70. The normalized spacial score (nSPS) is 19.6. The van der Waals surface area contributed by atoms with Crippen molar-refractivity contribution in [3.8, 4) is 0 Å². The van der Waals surface area contributed by atoms with Crippen LogP contribution in [0.1, 0.15) is 12.8 Å². The van der Waals surface area contributed by atoms with Crippen molar-refractivity contribution in [2.75, 3.05) is 13.1 Å². The molecule has 1 aromatic carbocycles. The minimum absolute atomic E-state index is 0.150. The quantitative estimate of drug-likeness (QED) is 0.857. The Morgan fingerprint density at radius 3 is 2.50 bits per heavy atom. The number of para-hydroxylation sites is 2. The summed E-state index contributed by atoms with van der Waals surface area (Å²) in [6.07, 6.45) is -5.25. The number of fused-ring (bicyclic) bond motifs is 1. The minimum atomic E-state index is -4.59. The molecule has 1 aromatic heterocycles. The Balaban J connectivity index is 1.76. The van der Waals surface area contributed by atoms with Crippen LogP contribution in [0.15, 0.2) is 28.7 Å². The van der Waals surface area contributed by atoms with Crippen molar-refractivity contribution in [2.24, 2.45) is 0 Å². The van der Waals surface area contributed by atoms with E-state index in [1.165, 1.54) is 0 Å². The third-order valence-electron chi connectivity index (χ3n) is 4.13. The van der Waals surface area contributed by atoms with Crippen molar-refractivity contribution < 1.29 is 22.7 Å². The zero-order valence-electron chi connectivity index (χ0n) is 11.6. The first kappa shape index (κ1) is 15.5. The van der Waals surface area contributed by atoms with Crippen LogP contribution in [0.25, 0.3) is 11.1 Å². The summed E-state index contributed by atoms with van der Waals surface area (Å²) in [5, 5.41) is 9.68. The molecule has 8 heteroatoms. The number of nitrogens with zero attached hydrogens (tertiary/aromatic N) is 2. The number of oxazole rings is 1. The monoisotopic (exact) mass is 332 g/mol. The highest BCUT2D eigenvalue weighted by Crippen LogP contribution is 2.38. The lowest BCUT2D eigenvalue weighted by Crippen LogP contribution is -2.53. The third-order valence-corrected chi connectivity index (χ3v) is 4.43. The minimum Gasteiger partial charge on any atom is -0.429 e. The molecule has 1 fully saturated rings. The van der Waals surface area contributed by atoms with E-state index in [4.69, 9.17) is 16.6 Å². The molecule has 0 unspecified atom stereocenters. The van der Waals surface area contributed by atoms with Crippen molar-refractivity contribution >= 4 is 23.3 Å². The van der Waals surface area contributed by atoms with Gasteiger partial charge in [-0.25, -0.2) is 0 Å². The Morgan fingerprint density at radius 2 is 1.86 bits per heavy atom. The van der Waals surface area contributed by atoms with E-state index in [0.717, 1.165) is 5.52 Å². The van der Waals surface area contributed by atoms with Gasteiger partial charge in [0, 0.05) is 13.1 Å². The van der Waals surface area contributed by atoms with Gasteiger partial charge in [0.05, 0.1) is 12.2 Å². The summed E-state index contributed by atoms with van der Waals surface area (Å²) in [7, 11) is 0. The molecule has 1 aliphatic heterocycles. The Kier molecular flexibility index (Phi) is 3.78. The molecule has 0 atom stereocenters. The first-order chi connectivity index (χ1) is 10.3. The molecule has 1 saturated heterocycles. The molecular formula is C14H15F3N2O2S. The molecule has 2 aromatic rings. The van der Waals surface area contributed by atoms with Crippen LogP contribution in [0.4, 0.5) is 13.2 Å². The molecule has 0 bridgehead atoms. The van der Waals surface area contributed by atoms with Crippen LogP contribution in [0.2, 0.25) is 0 Å². The van der Waals surface area contributed by atoms with Gasteiger partial charge in [-0.2, -0.15) is 13.2 Å². The molecule has 0 amide bonds. The molecule has 4 nitrogen and oxygen atoms in total. The Labute approximate surface area is 129 Å². The Morgan fingerprint density at radius 1 is 1.23 bits per heavy atom. The number of halogens is 3. The van der Waals surface area contributed by atoms with Crippen LogP contribution in [-0.2, 0) is 6.67 Å². The van der Waals surface area contributed by atoms with E-state index >= 15 is 0 Å². The Hall–Kier alpha value is -1.38. The zero-order chi connectivity index (χ0) is 16.0. The SMILES string of the molecule is OC1(C(F)(F)F)CCN(Cn2c(=S)oc3ccccc32)CC1. The summed E-state index contributed by atoms with van der Waals surface area (Å²) in [4.78, 5) is 2.12. The standard InChI is InChI=1S/C14H15F3N2O2S/c15-14(16,17)13(20)5-7-18(8-6-13)9-19-10-3-1-2-4-11(10)21-12(19)22/h1-4,20H,5-9H2. The number of piperidine rings is 1. The summed E-state index contributed by atoms with van der Waals surface area (Å²) >= 11 is 5.17. The van der Waals surface area contributed by atoms with Gasteiger partial charge < -0.3 is 9.52 Å². The summed E-state index contributed by atoms with van der Waals surface area (Å²) in [6.45, 7) is 0.651. The molecule has 1 N–H and O–H groups in total. The van der Waals surface area contributed by atoms with Gasteiger partial charge in [0.25, 0.3) is 4.84 Å². The molecular weight excluding hydrogens is 317 g/mol. The predicted octanol–water partition coefficient (Wildman–Crippen LogP) is 3.31. The highest BCUT2D eigenvalue weighted by atomic mass is 32.1. The molecule has 22 heavy (non-hydrogen) atoms. The molecule has 1 aliphatic rings. The zero-order valence-corrected chi connectivity index (χ0v) is 12.5. The molecule has 0 radical (unpaired) electrons. The van der Waals surface area contributed by atoms with Crippen molar-refractivity contribution in [3.63, 3.8) is 0 Å². The summed E-state index contributed by atoms with van der Waals surface area (Å²) in [5.41, 5.74) is -1.12. The smallest absolute Gasteiger partial charge is 0.417 e. The topological polar surface area (TPSA) is 41.5 Å². The van der Waals surface area contributed by atoms with Gasteiger partial charge in [0.15, 0.2) is 11.2 Å². The van der Waals surface area contributed by atoms with Gasteiger partial charge in [-0.15, -0.1) is 0 Å². The van der Waals surface area contributed by atoms with E-state index in [1.807, 2.05) is 23.1 Å². The first-order valence-electron chi connectivity index (χ1n) is 6.90. The highest BCUT2D eigenvalue weighted by Gasteiger charge is 2.54. The fourth-order valence-corrected chi connectivity index (χ4v) is 2.94. The van der Waals surface area contributed by atoms with E-state index < -0.39 is 11.8 Å². The second-order valence-corrected chi connectivity index (χ2v) is 5.90. The summed E-state index contributed by atoms with van der Waals surface area (Å²) < 4.78 is 45.6. The Bertz CT molecular complexity index is 729. The van der Waals surface area contributed by atoms with Gasteiger partial charge in [-0.3, -0.25) is 9.47 Å². The maximum atomic E-state index is 12.8. The number of benzene rings is 1. The fraction of sp³-hybridized carbons (Fsp3) is 0.500. The largest absolute Gasteiger partial charge is 0.429 e. The van der Waals surface area contributed by atoms with Crippen LogP contribution in [0, 0.1) is 4.84 Å². The molecule has 120 valence electrons. The van der Waals surface area contributed by atoms with Gasteiger partial charge >= 0.3 is 6.18 Å². The van der Waals surface area contributed by atoms with Gasteiger partial charge in [-0.05, 0) is 37.2 Å². The van der Waals surface area contributed by atoms with Crippen LogP contribution >= 0.6 is 12.2 Å². The third kappa shape index (κ3) is 2.66. The van der Waals surface area contributed by atoms with Crippen LogP contribution < -0.4 is 0 Å². The average Bonchev–Trinajstić information content (AvgIpc) is 2.77. The molecule has 0 saturated carbocycles. The highest BCUT2D eigenvalue weighted by molar-refractivity contribution is 7.71. The second kappa shape index (κ2) is 5.36. The number of rotatable bonds is 2. The first-order valence-corrected chi connectivity index (χ1v) is 7.31. The van der Waals surface area contributed by atoms with E-state index in [1.54, 1.807) is 10.6 Å². The van der Waals surface area contributed by atoms with Gasteiger partial charge in [0.2, 0.25) is 0 Å². The number of likely N-dealkylation sites (tertiary alicyclic amines) is 1. The van der Waals surface area contributed by atoms with E-state index in [-0.39, 0.29) is 30.8 Å². The number of aliphatic hydroxyl groups is 1. The van der Waals surface area contributed by atoms with Crippen molar-refractivity contribution in [1.82, 2.24) is 9.47 Å². The van der Waals surface area contributed by atoms with Crippen molar-refractivity contribution in [2.45, 2.75) is 31.3 Å². The van der Waals surface area contributed by atoms with E-state index in [2.05, 4.69) is 0 Å². The predicted molar refractivity (Wildman–Crippen MR) is 76.8 cm³/mol. The van der Waals surface area contributed by atoms with Crippen LogP contribution in [-0.4, -0.2) is 39.4 Å². The van der Waals surface area contributed by atoms with E-state index in [0.29, 0.717) is 12.3 Å². The molecule has 0 spiro atoms. The van der Waals surface area contributed by atoms with Crippen molar-refractivity contribution in [1.29, 1.82) is 0 Å². The molecule has 0 aliphatic carbocycles. The summed E-state index contributed by atoms with van der Waals surface area (Å²) in [6, 6.07) is 7.32.